The first-order valence-corrected chi connectivity index (χ1v) is 4.82. The molecular weight excluding hydrogens is 230 g/mol. The highest BCUT2D eigenvalue weighted by atomic mass is 19.1. The third-order valence-electron chi connectivity index (χ3n) is 1.98. The van der Waals surface area contributed by atoms with Gasteiger partial charge < -0.3 is 16.8 Å². The lowest BCUT2D eigenvalue weighted by atomic mass is 10.1. The van der Waals surface area contributed by atoms with Crippen LogP contribution < -0.4 is 16.8 Å². The fourth-order valence-corrected chi connectivity index (χ4v) is 1.30. The van der Waals surface area contributed by atoms with Gasteiger partial charge in [-0.3, -0.25) is 0 Å². The second-order valence-corrected chi connectivity index (χ2v) is 3.24. The van der Waals surface area contributed by atoms with Crippen molar-refractivity contribution >= 4 is 17.7 Å². The van der Waals surface area contributed by atoms with Crippen LogP contribution in [0.25, 0.3) is 0 Å². The van der Waals surface area contributed by atoms with Gasteiger partial charge in [-0.15, -0.1) is 0 Å². The van der Waals surface area contributed by atoms with Crippen LogP contribution in [0.15, 0.2) is 17.1 Å². The molecule has 0 bridgehead atoms. The molecule has 0 unspecified atom stereocenters. The van der Waals surface area contributed by atoms with Crippen molar-refractivity contribution in [3.8, 4) is 0 Å². The van der Waals surface area contributed by atoms with Crippen LogP contribution in [0, 0.1) is 11.6 Å². The van der Waals surface area contributed by atoms with Gasteiger partial charge in [-0.2, -0.15) is 4.99 Å². The summed E-state index contributed by atoms with van der Waals surface area (Å²) < 4.78 is 26.4. The fourth-order valence-electron chi connectivity index (χ4n) is 1.30. The first-order valence-electron chi connectivity index (χ1n) is 4.82. The standard InChI is InChI=1S/C10H12F2N4O/c1-2-5-3-6(11)4-7(12)8(5)15-10(17)16-9(13)14/h3-4H,2H2,1H3,(H5,13,14,15,16,17). The van der Waals surface area contributed by atoms with E-state index in [1.807, 2.05) is 0 Å². The molecule has 0 fully saturated rings. The number of nitrogens with two attached hydrogens (primary N) is 2. The molecule has 0 aromatic heterocycles. The number of aryl methyl sites for hydroxylation is 1. The van der Waals surface area contributed by atoms with Crippen LogP contribution in [0.4, 0.5) is 19.3 Å². The Labute approximate surface area is 96.5 Å². The molecule has 0 saturated carbocycles. The average molecular weight is 242 g/mol. The van der Waals surface area contributed by atoms with Crippen molar-refractivity contribution in [1.82, 2.24) is 0 Å². The first kappa shape index (κ1) is 12.9. The molecule has 92 valence electrons. The van der Waals surface area contributed by atoms with E-state index in [-0.39, 0.29) is 5.69 Å². The molecule has 0 radical (unpaired) electrons. The molecule has 2 amide bonds. The summed E-state index contributed by atoms with van der Waals surface area (Å²) in [6.07, 6.45) is 0.353. The quantitative estimate of drug-likeness (QED) is 0.539. The van der Waals surface area contributed by atoms with Crippen LogP contribution >= 0.6 is 0 Å². The van der Waals surface area contributed by atoms with Gasteiger partial charge in [0.25, 0.3) is 0 Å². The maximum Gasteiger partial charge on any atom is 0.348 e. The molecule has 5 N–H and O–H groups in total. The largest absolute Gasteiger partial charge is 0.370 e. The van der Waals surface area contributed by atoms with Gasteiger partial charge in [0.15, 0.2) is 5.96 Å². The van der Waals surface area contributed by atoms with Crippen LogP contribution in [0.5, 0.6) is 0 Å². The topological polar surface area (TPSA) is 93.5 Å². The van der Waals surface area contributed by atoms with Crippen LogP contribution in [-0.4, -0.2) is 12.0 Å². The molecule has 7 heteroatoms. The summed E-state index contributed by atoms with van der Waals surface area (Å²) in [6.45, 7) is 1.70. The summed E-state index contributed by atoms with van der Waals surface area (Å²) in [7, 11) is 0. The zero-order valence-electron chi connectivity index (χ0n) is 9.13. The molecule has 0 spiro atoms. The molecule has 0 heterocycles. The molecule has 1 rings (SSSR count). The fraction of sp³-hybridized carbons (Fsp3) is 0.200. The molecule has 17 heavy (non-hydrogen) atoms. The molecule has 0 atom stereocenters. The number of rotatable bonds is 2. The SMILES string of the molecule is CCc1cc(F)cc(F)c1NC(=O)N=C(N)N. The number of benzene rings is 1. The molecule has 1 aromatic carbocycles. The minimum Gasteiger partial charge on any atom is -0.370 e. The summed E-state index contributed by atoms with van der Waals surface area (Å²) in [5, 5.41) is 2.16. The van der Waals surface area contributed by atoms with E-state index in [1.54, 1.807) is 6.92 Å². The maximum atomic E-state index is 13.4. The van der Waals surface area contributed by atoms with Crippen LogP contribution in [-0.2, 0) is 6.42 Å². The Kier molecular flexibility index (Phi) is 3.97. The van der Waals surface area contributed by atoms with Gasteiger partial charge in [0.05, 0.1) is 5.69 Å². The summed E-state index contributed by atoms with van der Waals surface area (Å²) in [5.41, 5.74) is 10.2. The third-order valence-corrected chi connectivity index (χ3v) is 1.98. The third kappa shape index (κ3) is 3.40. The van der Waals surface area contributed by atoms with Crippen LogP contribution in [0.3, 0.4) is 0 Å². The van der Waals surface area contributed by atoms with Crippen molar-refractivity contribution in [3.63, 3.8) is 0 Å². The van der Waals surface area contributed by atoms with E-state index in [0.29, 0.717) is 18.1 Å². The zero-order chi connectivity index (χ0) is 13.0. The number of hydrogen-bond donors (Lipinski definition) is 3. The summed E-state index contributed by atoms with van der Waals surface area (Å²) in [4.78, 5) is 14.4. The number of carbonyl (C=O) groups excluding carboxylic acids is 1. The number of halogens is 2. The van der Waals surface area contributed by atoms with Gasteiger partial charge in [0.1, 0.15) is 11.6 Å². The van der Waals surface area contributed by atoms with E-state index in [9.17, 15) is 13.6 Å². The lowest BCUT2D eigenvalue weighted by Gasteiger charge is -2.09. The average Bonchev–Trinajstić information content (AvgIpc) is 2.20. The predicted molar refractivity (Wildman–Crippen MR) is 60.6 cm³/mol. The normalized spacial score (nSPS) is 9.82. The van der Waals surface area contributed by atoms with Crippen LogP contribution in [0.1, 0.15) is 12.5 Å². The monoisotopic (exact) mass is 242 g/mol. The second kappa shape index (κ2) is 5.24. The molecule has 0 aliphatic rings. The van der Waals surface area contributed by atoms with Crippen molar-refractivity contribution < 1.29 is 13.6 Å². The van der Waals surface area contributed by atoms with Gasteiger partial charge in [-0.1, -0.05) is 6.92 Å². The Morgan fingerprint density at radius 1 is 1.41 bits per heavy atom. The van der Waals surface area contributed by atoms with Crippen molar-refractivity contribution in [2.45, 2.75) is 13.3 Å². The van der Waals surface area contributed by atoms with E-state index in [4.69, 9.17) is 11.5 Å². The number of anilines is 1. The van der Waals surface area contributed by atoms with E-state index < -0.39 is 23.6 Å². The van der Waals surface area contributed by atoms with Crippen molar-refractivity contribution in [3.05, 3.63) is 29.3 Å². The van der Waals surface area contributed by atoms with Gasteiger partial charge >= 0.3 is 6.03 Å². The number of aliphatic imine (C=N–C) groups is 1. The van der Waals surface area contributed by atoms with Gasteiger partial charge in [0, 0.05) is 6.07 Å². The highest BCUT2D eigenvalue weighted by Crippen LogP contribution is 2.22. The molecule has 0 aliphatic heterocycles. The van der Waals surface area contributed by atoms with Crippen LogP contribution in [0.2, 0.25) is 0 Å². The minimum atomic E-state index is -0.912. The molecule has 0 saturated heterocycles. The van der Waals surface area contributed by atoms with E-state index in [2.05, 4.69) is 10.3 Å². The number of nitrogens with zero attached hydrogens (tertiary/aromatic N) is 1. The molecular formula is C10H12F2N4O. The van der Waals surface area contributed by atoms with Crippen molar-refractivity contribution in [2.75, 3.05) is 5.32 Å². The number of urea groups is 1. The maximum absolute atomic E-state index is 13.4. The van der Waals surface area contributed by atoms with E-state index in [1.165, 1.54) is 0 Å². The summed E-state index contributed by atoms with van der Waals surface area (Å²) in [6, 6.07) is 0.892. The Morgan fingerprint density at radius 2 is 2.06 bits per heavy atom. The Morgan fingerprint density at radius 3 is 2.59 bits per heavy atom. The minimum absolute atomic E-state index is 0.121. The number of guanidine groups is 1. The van der Waals surface area contributed by atoms with Gasteiger partial charge in [-0.05, 0) is 18.1 Å². The highest BCUT2D eigenvalue weighted by molar-refractivity contribution is 5.98. The van der Waals surface area contributed by atoms with E-state index in [0.717, 1.165) is 6.07 Å². The second-order valence-electron chi connectivity index (χ2n) is 3.24. The zero-order valence-corrected chi connectivity index (χ0v) is 9.13. The Balaban J connectivity index is 3.06. The number of hydrogen-bond acceptors (Lipinski definition) is 1. The highest BCUT2D eigenvalue weighted by Gasteiger charge is 2.12. The smallest absolute Gasteiger partial charge is 0.348 e. The Hall–Kier alpha value is -2.18. The number of amides is 2. The number of nitrogens with one attached hydrogen (secondary N) is 1. The lowest BCUT2D eigenvalue weighted by molar-refractivity contribution is 0.259. The summed E-state index contributed by atoms with van der Waals surface area (Å²) >= 11 is 0. The van der Waals surface area contributed by atoms with Crippen molar-refractivity contribution in [1.29, 1.82) is 0 Å². The van der Waals surface area contributed by atoms with Gasteiger partial charge in [-0.25, -0.2) is 13.6 Å². The van der Waals surface area contributed by atoms with Crippen molar-refractivity contribution in [2.24, 2.45) is 16.5 Å². The lowest BCUT2D eigenvalue weighted by Crippen LogP contribution is -2.25. The van der Waals surface area contributed by atoms with Gasteiger partial charge in [0.2, 0.25) is 0 Å². The molecule has 5 nitrogen and oxygen atoms in total. The number of carbonyl (C=O) groups is 1. The first-order chi connectivity index (χ1) is 7.93. The molecule has 1 aromatic rings. The summed E-state index contributed by atoms with van der Waals surface area (Å²) in [5.74, 6) is -2.02. The predicted octanol–water partition coefficient (Wildman–Crippen LogP) is 1.33. The van der Waals surface area contributed by atoms with E-state index >= 15 is 0 Å². The molecule has 0 aliphatic carbocycles. The Bertz CT molecular complexity index is 470.